The molecule has 2 aliphatic rings. The zero-order valence-corrected chi connectivity index (χ0v) is 16.6. The molecule has 1 aromatic heterocycles. The van der Waals surface area contributed by atoms with E-state index in [1.165, 1.54) is 5.56 Å². The number of unbranched alkanes of at least 4 members (excludes halogenated alkanes) is 1. The van der Waals surface area contributed by atoms with E-state index in [0.717, 1.165) is 78.3 Å². The number of ether oxygens (including phenoxy) is 1. The fraction of sp³-hybridized carbons (Fsp3) is 0.714. The molecular formula is C21H34N4O2. The van der Waals surface area contributed by atoms with E-state index in [1.54, 1.807) is 0 Å². The molecule has 6 heteroatoms. The summed E-state index contributed by atoms with van der Waals surface area (Å²) in [6, 6.07) is 4.14. The van der Waals surface area contributed by atoms with E-state index in [0.29, 0.717) is 5.92 Å². The van der Waals surface area contributed by atoms with Crippen LogP contribution < -0.4 is 5.32 Å². The Balaban J connectivity index is 1.60. The number of amides is 1. The number of nitrogens with zero attached hydrogens (tertiary/aromatic N) is 3. The molecule has 3 rings (SSSR count). The molecule has 150 valence electrons. The van der Waals surface area contributed by atoms with Crippen LogP contribution in [0.1, 0.15) is 31.7 Å². The third-order valence-electron chi connectivity index (χ3n) is 5.59. The zero-order valence-electron chi connectivity index (χ0n) is 16.6. The lowest BCUT2D eigenvalue weighted by Crippen LogP contribution is -2.50. The summed E-state index contributed by atoms with van der Waals surface area (Å²) in [5, 5.41) is 3.15. The lowest BCUT2D eigenvalue weighted by atomic mass is 9.87. The molecule has 0 radical (unpaired) electrons. The van der Waals surface area contributed by atoms with Gasteiger partial charge in [0, 0.05) is 58.2 Å². The van der Waals surface area contributed by atoms with Gasteiger partial charge in [-0.25, -0.2) is 0 Å². The Hall–Kier alpha value is -1.50. The Morgan fingerprint density at radius 1 is 1.22 bits per heavy atom. The van der Waals surface area contributed by atoms with E-state index in [2.05, 4.69) is 39.2 Å². The van der Waals surface area contributed by atoms with Gasteiger partial charge in [0.1, 0.15) is 0 Å². The van der Waals surface area contributed by atoms with E-state index in [4.69, 9.17) is 4.74 Å². The second-order valence-corrected chi connectivity index (χ2v) is 7.91. The van der Waals surface area contributed by atoms with Crippen LogP contribution in [-0.4, -0.2) is 73.2 Å². The summed E-state index contributed by atoms with van der Waals surface area (Å²) in [7, 11) is 0. The SMILES string of the molecule is CCCCNC(=O)[C@@H]1C[C@H](CN2CCOCC2)CN(Cc2ccncc2)C1. The number of nitrogens with one attached hydrogen (secondary N) is 1. The van der Waals surface area contributed by atoms with Crippen molar-refractivity contribution in [2.75, 3.05) is 52.5 Å². The minimum absolute atomic E-state index is 0.0866. The summed E-state index contributed by atoms with van der Waals surface area (Å²) in [6.45, 7) is 10.5. The van der Waals surface area contributed by atoms with Gasteiger partial charge in [0.25, 0.3) is 0 Å². The Bertz CT molecular complexity index is 563. The average Bonchev–Trinajstić information content (AvgIpc) is 2.69. The Morgan fingerprint density at radius 2 is 2.00 bits per heavy atom. The van der Waals surface area contributed by atoms with E-state index >= 15 is 0 Å². The summed E-state index contributed by atoms with van der Waals surface area (Å²) < 4.78 is 5.48. The Labute approximate surface area is 163 Å². The van der Waals surface area contributed by atoms with Gasteiger partial charge in [-0.05, 0) is 36.5 Å². The first-order valence-corrected chi connectivity index (χ1v) is 10.4. The molecule has 6 nitrogen and oxygen atoms in total. The summed E-state index contributed by atoms with van der Waals surface area (Å²) in [4.78, 5) is 21.8. The number of aromatic nitrogens is 1. The molecule has 2 atom stereocenters. The predicted molar refractivity (Wildman–Crippen MR) is 106 cm³/mol. The molecule has 27 heavy (non-hydrogen) atoms. The molecule has 0 spiro atoms. The average molecular weight is 375 g/mol. The molecule has 0 aliphatic carbocycles. The molecule has 0 aromatic carbocycles. The van der Waals surface area contributed by atoms with Crippen molar-refractivity contribution in [1.82, 2.24) is 20.1 Å². The minimum Gasteiger partial charge on any atom is -0.379 e. The summed E-state index contributed by atoms with van der Waals surface area (Å²) >= 11 is 0. The zero-order chi connectivity index (χ0) is 18.9. The normalized spacial score (nSPS) is 24.6. The standard InChI is InChI=1S/C21H34N4O2/c1-2-3-6-23-21(26)20-13-19(15-24-9-11-27-12-10-24)16-25(17-20)14-18-4-7-22-8-5-18/h4-5,7-8,19-20H,2-3,6,9-17H2,1H3,(H,23,26)/t19-,20-/m1/s1. The van der Waals surface area contributed by atoms with Gasteiger partial charge in [0.2, 0.25) is 5.91 Å². The molecule has 0 unspecified atom stereocenters. The molecule has 3 heterocycles. The summed E-state index contributed by atoms with van der Waals surface area (Å²) in [6.07, 6.45) is 6.84. The van der Waals surface area contributed by atoms with Crippen LogP contribution in [-0.2, 0) is 16.1 Å². The van der Waals surface area contributed by atoms with Gasteiger partial charge >= 0.3 is 0 Å². The molecule has 2 saturated heterocycles. The van der Waals surface area contributed by atoms with E-state index in [9.17, 15) is 4.79 Å². The van der Waals surface area contributed by atoms with Crippen molar-refractivity contribution in [1.29, 1.82) is 0 Å². The molecule has 2 aliphatic heterocycles. The quantitative estimate of drug-likeness (QED) is 0.703. The van der Waals surface area contributed by atoms with E-state index < -0.39 is 0 Å². The molecule has 1 aromatic rings. The molecule has 2 fully saturated rings. The van der Waals surface area contributed by atoms with Crippen LogP contribution in [0.2, 0.25) is 0 Å². The topological polar surface area (TPSA) is 57.7 Å². The van der Waals surface area contributed by atoms with Crippen LogP contribution in [0.3, 0.4) is 0 Å². The third kappa shape index (κ3) is 6.55. The molecule has 1 N–H and O–H groups in total. The summed E-state index contributed by atoms with van der Waals surface area (Å²) in [5.74, 6) is 0.846. The first-order chi connectivity index (χ1) is 13.2. The highest BCUT2D eigenvalue weighted by Crippen LogP contribution is 2.25. The van der Waals surface area contributed by atoms with Crippen LogP contribution >= 0.6 is 0 Å². The Morgan fingerprint density at radius 3 is 2.74 bits per heavy atom. The molecule has 1 amide bonds. The number of likely N-dealkylation sites (tertiary alicyclic amines) is 1. The van der Waals surface area contributed by atoms with Crippen LogP contribution in [0.5, 0.6) is 0 Å². The van der Waals surface area contributed by atoms with Crippen molar-refractivity contribution in [3.8, 4) is 0 Å². The molecular weight excluding hydrogens is 340 g/mol. The van der Waals surface area contributed by atoms with Crippen molar-refractivity contribution in [3.05, 3.63) is 30.1 Å². The smallest absolute Gasteiger partial charge is 0.224 e. The first kappa shape index (κ1) is 20.2. The largest absolute Gasteiger partial charge is 0.379 e. The number of rotatable bonds is 8. The number of pyridine rings is 1. The maximum Gasteiger partial charge on any atom is 0.224 e. The van der Waals surface area contributed by atoms with E-state index in [-0.39, 0.29) is 11.8 Å². The van der Waals surface area contributed by atoms with Crippen LogP contribution in [0.25, 0.3) is 0 Å². The minimum atomic E-state index is 0.0866. The van der Waals surface area contributed by atoms with E-state index in [1.807, 2.05) is 12.4 Å². The van der Waals surface area contributed by atoms with Gasteiger partial charge in [-0.2, -0.15) is 0 Å². The summed E-state index contributed by atoms with van der Waals surface area (Å²) in [5.41, 5.74) is 1.27. The maximum atomic E-state index is 12.7. The van der Waals surface area contributed by atoms with Gasteiger partial charge in [-0.1, -0.05) is 13.3 Å². The fourth-order valence-electron chi connectivity index (χ4n) is 4.18. The second kappa shape index (κ2) is 10.7. The maximum absolute atomic E-state index is 12.7. The highest BCUT2D eigenvalue weighted by atomic mass is 16.5. The monoisotopic (exact) mass is 374 g/mol. The van der Waals surface area contributed by atoms with Crippen molar-refractivity contribution < 1.29 is 9.53 Å². The van der Waals surface area contributed by atoms with Gasteiger partial charge in [-0.3, -0.25) is 19.6 Å². The van der Waals surface area contributed by atoms with Crippen molar-refractivity contribution in [2.24, 2.45) is 11.8 Å². The number of carbonyl (C=O) groups is 1. The number of carbonyl (C=O) groups excluding carboxylic acids is 1. The highest BCUT2D eigenvalue weighted by molar-refractivity contribution is 5.79. The van der Waals surface area contributed by atoms with Crippen molar-refractivity contribution in [3.63, 3.8) is 0 Å². The van der Waals surface area contributed by atoms with Crippen LogP contribution in [0.15, 0.2) is 24.5 Å². The van der Waals surface area contributed by atoms with Crippen molar-refractivity contribution in [2.45, 2.75) is 32.7 Å². The fourth-order valence-corrected chi connectivity index (χ4v) is 4.18. The predicted octanol–water partition coefficient (Wildman–Crippen LogP) is 1.77. The second-order valence-electron chi connectivity index (χ2n) is 7.91. The number of piperidine rings is 1. The van der Waals surface area contributed by atoms with Gasteiger partial charge < -0.3 is 10.1 Å². The molecule has 0 saturated carbocycles. The molecule has 0 bridgehead atoms. The highest BCUT2D eigenvalue weighted by Gasteiger charge is 2.32. The third-order valence-corrected chi connectivity index (χ3v) is 5.59. The first-order valence-electron chi connectivity index (χ1n) is 10.4. The lowest BCUT2D eigenvalue weighted by Gasteiger charge is -2.40. The lowest BCUT2D eigenvalue weighted by molar-refractivity contribution is -0.127. The number of morpholine rings is 1. The number of hydrogen-bond acceptors (Lipinski definition) is 5. The van der Waals surface area contributed by atoms with Gasteiger partial charge in [0.15, 0.2) is 0 Å². The number of hydrogen-bond donors (Lipinski definition) is 1. The Kier molecular flexibility index (Phi) is 8.05. The van der Waals surface area contributed by atoms with Crippen molar-refractivity contribution >= 4 is 5.91 Å². The van der Waals surface area contributed by atoms with Gasteiger partial charge in [-0.15, -0.1) is 0 Å². The van der Waals surface area contributed by atoms with Gasteiger partial charge in [0.05, 0.1) is 19.1 Å². The van der Waals surface area contributed by atoms with Crippen LogP contribution in [0.4, 0.5) is 0 Å². The van der Waals surface area contributed by atoms with Crippen LogP contribution in [0, 0.1) is 11.8 Å².